The Kier molecular flexibility index (Phi) is 6.78. The van der Waals surface area contributed by atoms with Gasteiger partial charge in [0.15, 0.2) is 0 Å². The molecular formula is C30H52O. The van der Waals surface area contributed by atoms with Gasteiger partial charge in [0, 0.05) is 0 Å². The quantitative estimate of drug-likeness (QED) is 0.438. The van der Waals surface area contributed by atoms with Gasteiger partial charge in [-0.15, -0.1) is 0 Å². The second-order valence-corrected chi connectivity index (χ2v) is 13.3. The lowest BCUT2D eigenvalue weighted by atomic mass is 9.43. The molecule has 178 valence electrons. The molecule has 1 N–H and O–H groups in total. The molecule has 4 saturated carbocycles. The summed E-state index contributed by atoms with van der Waals surface area (Å²) in [5.74, 6) is 7.14. The second kappa shape index (κ2) is 8.81. The molecule has 4 aliphatic carbocycles. The summed E-state index contributed by atoms with van der Waals surface area (Å²) in [5, 5.41) is 10.5. The fourth-order valence-electron chi connectivity index (χ4n) is 9.90. The fourth-order valence-corrected chi connectivity index (χ4v) is 9.90. The van der Waals surface area contributed by atoms with Gasteiger partial charge in [-0.05, 0) is 122 Å². The highest BCUT2D eigenvalue weighted by Gasteiger charge is 2.61. The lowest BCUT2D eigenvalue weighted by Gasteiger charge is -2.62. The van der Waals surface area contributed by atoms with Crippen molar-refractivity contribution in [2.75, 3.05) is 0 Å². The summed E-state index contributed by atoms with van der Waals surface area (Å²) in [6, 6.07) is 0. The van der Waals surface area contributed by atoms with E-state index in [1.807, 2.05) is 0 Å². The van der Waals surface area contributed by atoms with Gasteiger partial charge in [0.1, 0.15) is 0 Å². The average molecular weight is 429 g/mol. The van der Waals surface area contributed by atoms with Gasteiger partial charge in [0.05, 0.1) is 6.10 Å². The average Bonchev–Trinajstić information content (AvgIpc) is 3.08. The van der Waals surface area contributed by atoms with E-state index in [-0.39, 0.29) is 6.10 Å². The number of rotatable bonds is 5. The Morgan fingerprint density at radius 2 is 1.48 bits per heavy atom. The van der Waals surface area contributed by atoms with Crippen LogP contribution in [0.1, 0.15) is 106 Å². The number of fused-ring (bicyclic) bond motifs is 5. The third-order valence-electron chi connectivity index (χ3n) is 11.9. The van der Waals surface area contributed by atoms with Gasteiger partial charge in [0.25, 0.3) is 0 Å². The molecule has 0 aromatic heterocycles. The standard InChI is InChI=1S/C30H52O/c1-8-22(19(2)3)10-9-20(4)24-13-14-26-23-11-12-25-21(5)28(31)16-18-30(25,7)27(23)15-17-29(24,26)6/h9-10,19-28,31H,8,11-18H2,1-7H3/b10-9+/t20-,21+,22-,23+,24-,25?,26+,27+,28+,29-,30+/m1/s1. The summed E-state index contributed by atoms with van der Waals surface area (Å²) in [6.07, 6.45) is 17.3. The van der Waals surface area contributed by atoms with Crippen LogP contribution in [0.4, 0.5) is 0 Å². The number of hydrogen-bond donors (Lipinski definition) is 1. The van der Waals surface area contributed by atoms with Crippen molar-refractivity contribution in [3.63, 3.8) is 0 Å². The van der Waals surface area contributed by atoms with Crippen molar-refractivity contribution in [1.29, 1.82) is 0 Å². The number of hydrogen-bond acceptors (Lipinski definition) is 1. The van der Waals surface area contributed by atoms with Crippen LogP contribution in [0.2, 0.25) is 0 Å². The van der Waals surface area contributed by atoms with Crippen molar-refractivity contribution in [2.24, 2.45) is 64.1 Å². The Bertz CT molecular complexity index is 651. The monoisotopic (exact) mass is 428 g/mol. The van der Waals surface area contributed by atoms with Crippen LogP contribution >= 0.6 is 0 Å². The van der Waals surface area contributed by atoms with Crippen LogP contribution in [0, 0.1) is 64.1 Å². The van der Waals surface area contributed by atoms with Crippen LogP contribution < -0.4 is 0 Å². The molecule has 1 heteroatoms. The maximum Gasteiger partial charge on any atom is 0.0568 e. The third-order valence-corrected chi connectivity index (χ3v) is 11.9. The maximum atomic E-state index is 10.5. The smallest absolute Gasteiger partial charge is 0.0568 e. The topological polar surface area (TPSA) is 20.2 Å². The molecule has 4 fully saturated rings. The highest BCUT2D eigenvalue weighted by Crippen LogP contribution is 2.68. The van der Waals surface area contributed by atoms with E-state index in [9.17, 15) is 5.11 Å². The molecule has 4 aliphatic rings. The Morgan fingerprint density at radius 1 is 0.839 bits per heavy atom. The van der Waals surface area contributed by atoms with Crippen molar-refractivity contribution in [3.05, 3.63) is 12.2 Å². The van der Waals surface area contributed by atoms with E-state index in [1.54, 1.807) is 0 Å². The van der Waals surface area contributed by atoms with E-state index in [0.29, 0.717) is 16.7 Å². The van der Waals surface area contributed by atoms with Crippen LogP contribution in [0.5, 0.6) is 0 Å². The van der Waals surface area contributed by atoms with Gasteiger partial charge in [-0.25, -0.2) is 0 Å². The van der Waals surface area contributed by atoms with Gasteiger partial charge < -0.3 is 5.11 Å². The zero-order valence-electron chi connectivity index (χ0n) is 21.7. The van der Waals surface area contributed by atoms with E-state index in [2.05, 4.69) is 60.6 Å². The summed E-state index contributed by atoms with van der Waals surface area (Å²) in [4.78, 5) is 0. The molecule has 4 rings (SSSR count). The number of aliphatic hydroxyl groups excluding tert-OH is 1. The minimum Gasteiger partial charge on any atom is -0.393 e. The van der Waals surface area contributed by atoms with Crippen molar-refractivity contribution in [2.45, 2.75) is 112 Å². The van der Waals surface area contributed by atoms with Crippen LogP contribution in [0.15, 0.2) is 12.2 Å². The Labute approximate surface area is 193 Å². The molecule has 0 aromatic carbocycles. The van der Waals surface area contributed by atoms with Crippen molar-refractivity contribution in [1.82, 2.24) is 0 Å². The first-order valence-electron chi connectivity index (χ1n) is 14.0. The van der Waals surface area contributed by atoms with Gasteiger partial charge in [-0.1, -0.05) is 60.6 Å². The summed E-state index contributed by atoms with van der Waals surface area (Å²) in [5.41, 5.74) is 1.03. The molecule has 0 bridgehead atoms. The fraction of sp³-hybridized carbons (Fsp3) is 0.933. The minimum atomic E-state index is -0.0511. The number of aliphatic hydroxyl groups is 1. The van der Waals surface area contributed by atoms with Gasteiger partial charge in [0.2, 0.25) is 0 Å². The lowest BCUT2D eigenvalue weighted by Crippen LogP contribution is -2.56. The normalized spacial score (nSPS) is 49.5. The summed E-state index contributed by atoms with van der Waals surface area (Å²) < 4.78 is 0. The molecule has 31 heavy (non-hydrogen) atoms. The largest absolute Gasteiger partial charge is 0.393 e. The second-order valence-electron chi connectivity index (χ2n) is 13.3. The molecule has 0 saturated heterocycles. The highest BCUT2D eigenvalue weighted by molar-refractivity contribution is 5.12. The lowest BCUT2D eigenvalue weighted by molar-refractivity contribution is -0.148. The Morgan fingerprint density at radius 3 is 2.16 bits per heavy atom. The molecule has 0 aliphatic heterocycles. The summed E-state index contributed by atoms with van der Waals surface area (Å²) in [6.45, 7) is 17.3. The first-order valence-corrected chi connectivity index (χ1v) is 14.0. The van der Waals surface area contributed by atoms with E-state index in [1.165, 1.54) is 51.4 Å². The van der Waals surface area contributed by atoms with E-state index >= 15 is 0 Å². The molecule has 1 unspecified atom stereocenters. The molecule has 0 spiro atoms. The first kappa shape index (κ1) is 23.8. The predicted molar refractivity (Wildman–Crippen MR) is 133 cm³/mol. The van der Waals surface area contributed by atoms with Crippen molar-refractivity contribution < 1.29 is 5.11 Å². The van der Waals surface area contributed by atoms with Crippen molar-refractivity contribution >= 4 is 0 Å². The third kappa shape index (κ3) is 3.87. The van der Waals surface area contributed by atoms with Crippen LogP contribution in [0.3, 0.4) is 0 Å². The van der Waals surface area contributed by atoms with Gasteiger partial charge in [-0.2, -0.15) is 0 Å². The molecule has 1 nitrogen and oxygen atoms in total. The zero-order chi connectivity index (χ0) is 22.6. The molecule has 0 amide bonds. The molecule has 0 radical (unpaired) electrons. The number of allylic oxidation sites excluding steroid dienone is 2. The van der Waals surface area contributed by atoms with Gasteiger partial charge >= 0.3 is 0 Å². The molecular weight excluding hydrogens is 376 g/mol. The van der Waals surface area contributed by atoms with E-state index in [0.717, 1.165) is 53.8 Å². The maximum absolute atomic E-state index is 10.5. The SMILES string of the molecule is CC[C@H](/C=C/[C@@H](C)[C@H]1CC[C@H]2[C@@H]3CCC4[C@H](C)[C@@H](O)CC[C@]4(C)[C@H]3CC[C@]12C)C(C)C. The zero-order valence-corrected chi connectivity index (χ0v) is 21.7. The Hall–Kier alpha value is -0.300. The summed E-state index contributed by atoms with van der Waals surface area (Å²) in [7, 11) is 0. The van der Waals surface area contributed by atoms with E-state index in [4.69, 9.17) is 0 Å². The molecule has 0 heterocycles. The van der Waals surface area contributed by atoms with E-state index < -0.39 is 0 Å². The van der Waals surface area contributed by atoms with Gasteiger partial charge in [-0.3, -0.25) is 0 Å². The van der Waals surface area contributed by atoms with Crippen LogP contribution in [0.25, 0.3) is 0 Å². The first-order chi connectivity index (χ1) is 14.6. The molecule has 0 aromatic rings. The minimum absolute atomic E-state index is 0.0511. The molecule has 11 atom stereocenters. The Balaban J connectivity index is 1.51. The predicted octanol–water partition coefficient (Wildman–Crippen LogP) is 8.13. The van der Waals surface area contributed by atoms with Crippen LogP contribution in [-0.2, 0) is 0 Å². The highest BCUT2D eigenvalue weighted by atomic mass is 16.3. The summed E-state index contributed by atoms with van der Waals surface area (Å²) >= 11 is 0. The van der Waals surface area contributed by atoms with Crippen LogP contribution in [-0.4, -0.2) is 11.2 Å². The van der Waals surface area contributed by atoms with Crippen molar-refractivity contribution in [3.8, 4) is 0 Å².